The second-order valence-corrected chi connectivity index (χ2v) is 6.02. The number of nitrogens with zero attached hydrogens (tertiary/aromatic N) is 6. The van der Waals surface area contributed by atoms with Crippen LogP contribution in [-0.4, -0.2) is 36.9 Å². The molecule has 8 nitrogen and oxygen atoms in total. The molecule has 2 aromatic heterocycles. The van der Waals surface area contributed by atoms with Crippen molar-refractivity contribution in [2.45, 2.75) is 6.54 Å². The fourth-order valence-electron chi connectivity index (χ4n) is 2.83. The van der Waals surface area contributed by atoms with Crippen molar-refractivity contribution in [3.05, 3.63) is 66.4 Å². The quantitative estimate of drug-likeness (QED) is 0.436. The molecule has 0 aliphatic heterocycles. The number of aryl methyl sites for hydroxylation is 1. The normalized spacial score (nSPS) is 11.3. The summed E-state index contributed by atoms with van der Waals surface area (Å²) < 4.78 is 2.02. The van der Waals surface area contributed by atoms with Crippen molar-refractivity contribution < 1.29 is 4.79 Å². The Balaban J connectivity index is 1.40. The first-order valence-corrected chi connectivity index (χ1v) is 8.40. The molecule has 8 heteroatoms. The number of nitrogens with one attached hydrogen (secondary N) is 1. The van der Waals surface area contributed by atoms with Gasteiger partial charge in [0.1, 0.15) is 6.54 Å². The average Bonchev–Trinajstić information content (AvgIpc) is 3.28. The highest BCUT2D eigenvalue weighted by Crippen LogP contribution is 2.18. The molecule has 0 aliphatic carbocycles. The Morgan fingerprint density at radius 1 is 1.15 bits per heavy atom. The highest BCUT2D eigenvalue weighted by atomic mass is 16.2. The van der Waals surface area contributed by atoms with Crippen molar-refractivity contribution >= 4 is 23.0 Å². The monoisotopic (exact) mass is 359 g/mol. The third-order valence-corrected chi connectivity index (χ3v) is 4.09. The molecular weight excluding hydrogens is 342 g/mol. The lowest BCUT2D eigenvalue weighted by atomic mass is 10.2. The summed E-state index contributed by atoms with van der Waals surface area (Å²) in [5.41, 5.74) is 5.37. The molecule has 0 aliphatic rings. The molecule has 0 bridgehead atoms. The number of aromatic nitrogens is 5. The van der Waals surface area contributed by atoms with Gasteiger partial charge in [0.25, 0.3) is 5.91 Å². The van der Waals surface area contributed by atoms with Gasteiger partial charge >= 0.3 is 0 Å². The number of benzene rings is 2. The maximum atomic E-state index is 12.1. The molecule has 2 aromatic carbocycles. The molecule has 0 atom stereocenters. The Morgan fingerprint density at radius 2 is 1.93 bits per heavy atom. The van der Waals surface area contributed by atoms with Crippen LogP contribution < -0.4 is 5.43 Å². The maximum absolute atomic E-state index is 12.1. The van der Waals surface area contributed by atoms with Crippen LogP contribution in [0.4, 0.5) is 0 Å². The van der Waals surface area contributed by atoms with Gasteiger partial charge in [0.2, 0.25) is 5.82 Å². The van der Waals surface area contributed by atoms with Crippen LogP contribution in [0.15, 0.2) is 65.9 Å². The molecule has 4 aromatic rings. The summed E-state index contributed by atoms with van der Waals surface area (Å²) in [7, 11) is 1.97. The lowest BCUT2D eigenvalue weighted by Crippen LogP contribution is -2.24. The van der Waals surface area contributed by atoms with Crippen molar-refractivity contribution in [1.82, 2.24) is 30.2 Å². The number of para-hydroxylation sites is 1. The standard InChI is InChI=1S/C19H17N7O/c1-25-12-15(16-9-5-6-10-17(16)25)11-20-21-18(27)13-26-23-19(22-24-26)14-7-3-2-4-8-14/h2-12H,13H2,1H3,(H,21,27). The second kappa shape index (κ2) is 7.20. The van der Waals surface area contributed by atoms with E-state index in [4.69, 9.17) is 0 Å². The van der Waals surface area contributed by atoms with E-state index in [1.54, 1.807) is 6.21 Å². The molecule has 27 heavy (non-hydrogen) atoms. The van der Waals surface area contributed by atoms with Crippen molar-refractivity contribution in [3.63, 3.8) is 0 Å². The minimum atomic E-state index is -0.330. The number of hydrogen-bond donors (Lipinski definition) is 1. The summed E-state index contributed by atoms with van der Waals surface area (Å²) in [6.45, 7) is -0.0628. The van der Waals surface area contributed by atoms with Crippen molar-refractivity contribution in [2.24, 2.45) is 12.1 Å². The molecule has 0 spiro atoms. The molecule has 0 radical (unpaired) electrons. The van der Waals surface area contributed by atoms with Crippen LogP contribution in [-0.2, 0) is 18.4 Å². The van der Waals surface area contributed by atoms with E-state index in [1.165, 1.54) is 4.80 Å². The molecule has 0 saturated carbocycles. The largest absolute Gasteiger partial charge is 0.350 e. The van der Waals surface area contributed by atoms with Crippen LogP contribution in [0.25, 0.3) is 22.3 Å². The van der Waals surface area contributed by atoms with E-state index in [0.717, 1.165) is 22.0 Å². The van der Waals surface area contributed by atoms with Gasteiger partial charge < -0.3 is 4.57 Å². The Kier molecular flexibility index (Phi) is 4.44. The molecule has 0 saturated heterocycles. The summed E-state index contributed by atoms with van der Waals surface area (Å²) in [5.74, 6) is 0.145. The summed E-state index contributed by atoms with van der Waals surface area (Å²) in [5, 5.41) is 17.2. The Morgan fingerprint density at radius 3 is 2.78 bits per heavy atom. The van der Waals surface area contributed by atoms with Gasteiger partial charge in [0.15, 0.2) is 0 Å². The lowest BCUT2D eigenvalue weighted by molar-refractivity contribution is -0.122. The van der Waals surface area contributed by atoms with Gasteiger partial charge in [0, 0.05) is 35.3 Å². The predicted molar refractivity (Wildman–Crippen MR) is 102 cm³/mol. The highest BCUT2D eigenvalue weighted by molar-refractivity contribution is 5.99. The Bertz CT molecular complexity index is 1110. The molecule has 0 fully saturated rings. The van der Waals surface area contributed by atoms with E-state index in [-0.39, 0.29) is 12.5 Å². The van der Waals surface area contributed by atoms with Gasteiger partial charge in [-0.1, -0.05) is 48.5 Å². The number of hydrogen-bond acceptors (Lipinski definition) is 5. The van der Waals surface area contributed by atoms with E-state index >= 15 is 0 Å². The van der Waals surface area contributed by atoms with E-state index in [0.29, 0.717) is 5.82 Å². The van der Waals surface area contributed by atoms with Gasteiger partial charge in [0.05, 0.1) is 6.21 Å². The first kappa shape index (κ1) is 16.6. The fraction of sp³-hybridized carbons (Fsp3) is 0.105. The van der Waals surface area contributed by atoms with E-state index in [9.17, 15) is 4.79 Å². The second-order valence-electron chi connectivity index (χ2n) is 6.02. The zero-order valence-electron chi connectivity index (χ0n) is 14.6. The third-order valence-electron chi connectivity index (χ3n) is 4.09. The first-order chi connectivity index (χ1) is 13.2. The van der Waals surface area contributed by atoms with Crippen molar-refractivity contribution in [1.29, 1.82) is 0 Å². The average molecular weight is 359 g/mol. The van der Waals surface area contributed by atoms with Gasteiger partial charge in [-0.15, -0.1) is 10.2 Å². The number of hydrazone groups is 1. The minimum Gasteiger partial charge on any atom is -0.350 e. The first-order valence-electron chi connectivity index (χ1n) is 8.40. The zero-order valence-corrected chi connectivity index (χ0v) is 14.6. The summed E-state index contributed by atoms with van der Waals surface area (Å²) in [6.07, 6.45) is 3.59. The molecule has 1 amide bonds. The number of carbonyl (C=O) groups excluding carboxylic acids is 1. The SMILES string of the molecule is Cn1cc(C=NNC(=O)Cn2nnc(-c3ccccc3)n2)c2ccccc21. The fourth-order valence-corrected chi connectivity index (χ4v) is 2.83. The molecule has 4 rings (SSSR count). The molecule has 2 heterocycles. The van der Waals surface area contributed by atoms with E-state index < -0.39 is 0 Å². The number of amides is 1. The van der Waals surface area contributed by atoms with E-state index in [1.807, 2.05) is 72.4 Å². The lowest BCUT2D eigenvalue weighted by Gasteiger charge is -1.98. The van der Waals surface area contributed by atoms with Crippen LogP contribution in [0.5, 0.6) is 0 Å². The number of rotatable bonds is 5. The van der Waals surface area contributed by atoms with Crippen LogP contribution in [0.1, 0.15) is 5.56 Å². The number of fused-ring (bicyclic) bond motifs is 1. The Labute approximate surface area is 155 Å². The predicted octanol–water partition coefficient (Wildman–Crippen LogP) is 1.98. The molecule has 1 N–H and O–H groups in total. The summed E-state index contributed by atoms with van der Waals surface area (Å²) >= 11 is 0. The Hall–Kier alpha value is -3.81. The smallest absolute Gasteiger partial charge is 0.263 e. The topological polar surface area (TPSA) is 90.0 Å². The van der Waals surface area contributed by atoms with Gasteiger partial charge in [-0.05, 0) is 11.3 Å². The van der Waals surface area contributed by atoms with E-state index in [2.05, 4.69) is 25.9 Å². The summed E-state index contributed by atoms with van der Waals surface area (Å²) in [4.78, 5) is 13.3. The molecule has 0 unspecified atom stereocenters. The third kappa shape index (κ3) is 3.59. The molecule has 134 valence electrons. The van der Waals surface area contributed by atoms with Crippen LogP contribution in [0, 0.1) is 0 Å². The van der Waals surface area contributed by atoms with Gasteiger partial charge in [-0.2, -0.15) is 9.90 Å². The van der Waals surface area contributed by atoms with Gasteiger partial charge in [-0.3, -0.25) is 4.79 Å². The van der Waals surface area contributed by atoms with Crippen molar-refractivity contribution in [2.75, 3.05) is 0 Å². The minimum absolute atomic E-state index is 0.0628. The van der Waals surface area contributed by atoms with Gasteiger partial charge in [-0.25, -0.2) is 5.43 Å². The maximum Gasteiger partial charge on any atom is 0.263 e. The van der Waals surface area contributed by atoms with Crippen molar-refractivity contribution in [3.8, 4) is 11.4 Å². The summed E-state index contributed by atoms with van der Waals surface area (Å²) in [6, 6.07) is 17.5. The number of tetrazole rings is 1. The molecular formula is C19H17N7O. The van der Waals surface area contributed by atoms with Crippen LogP contribution in [0.2, 0.25) is 0 Å². The highest BCUT2D eigenvalue weighted by Gasteiger charge is 2.09. The van der Waals surface area contributed by atoms with Crippen LogP contribution >= 0.6 is 0 Å². The zero-order chi connectivity index (χ0) is 18.6. The number of carbonyl (C=O) groups is 1. The van der Waals surface area contributed by atoms with Crippen LogP contribution in [0.3, 0.4) is 0 Å².